The standard InChI is InChI=1S/C12H22N2O2S/c1-2-4-10(12(13)17)14-11(15)7-6-9-5-3-8-16-9/h9-10H,2-8H2,1H3,(H2,13,17)(H,14,15). The van der Waals surface area contributed by atoms with Gasteiger partial charge in [-0.3, -0.25) is 4.79 Å². The monoisotopic (exact) mass is 258 g/mol. The first-order chi connectivity index (χ1) is 8.13. The predicted octanol–water partition coefficient (Wildman–Crippen LogP) is 1.52. The summed E-state index contributed by atoms with van der Waals surface area (Å²) in [5, 5.41) is 2.88. The summed E-state index contributed by atoms with van der Waals surface area (Å²) in [5.74, 6) is 0.0201. The largest absolute Gasteiger partial charge is 0.392 e. The number of hydrogen-bond acceptors (Lipinski definition) is 3. The fourth-order valence-electron chi connectivity index (χ4n) is 2.00. The van der Waals surface area contributed by atoms with Crippen molar-refractivity contribution in [3.05, 3.63) is 0 Å². The maximum atomic E-state index is 11.7. The lowest BCUT2D eigenvalue weighted by Gasteiger charge is -2.17. The highest BCUT2D eigenvalue weighted by molar-refractivity contribution is 7.80. The van der Waals surface area contributed by atoms with Crippen LogP contribution in [0.15, 0.2) is 0 Å². The third kappa shape index (κ3) is 5.46. The molecular formula is C12H22N2O2S. The molecule has 3 N–H and O–H groups in total. The molecule has 1 amide bonds. The van der Waals surface area contributed by atoms with E-state index in [9.17, 15) is 4.79 Å². The summed E-state index contributed by atoms with van der Waals surface area (Å²) in [5.41, 5.74) is 5.58. The van der Waals surface area contributed by atoms with Gasteiger partial charge in [-0.1, -0.05) is 25.6 Å². The van der Waals surface area contributed by atoms with Crippen LogP contribution in [0.1, 0.15) is 45.4 Å². The molecule has 0 saturated carbocycles. The summed E-state index contributed by atoms with van der Waals surface area (Å²) in [6.07, 6.45) is 5.48. The Balaban J connectivity index is 2.23. The van der Waals surface area contributed by atoms with Gasteiger partial charge in [0, 0.05) is 13.0 Å². The van der Waals surface area contributed by atoms with E-state index in [1.807, 2.05) is 6.92 Å². The predicted molar refractivity (Wildman–Crippen MR) is 71.8 cm³/mol. The van der Waals surface area contributed by atoms with E-state index in [4.69, 9.17) is 22.7 Å². The molecule has 1 rings (SSSR count). The summed E-state index contributed by atoms with van der Waals surface area (Å²) in [7, 11) is 0. The smallest absolute Gasteiger partial charge is 0.220 e. The minimum Gasteiger partial charge on any atom is -0.392 e. The molecule has 0 aromatic heterocycles. The Bertz CT molecular complexity index is 265. The minimum absolute atomic E-state index is 0.0201. The van der Waals surface area contributed by atoms with E-state index in [0.29, 0.717) is 11.4 Å². The fourth-order valence-corrected chi connectivity index (χ4v) is 2.18. The lowest BCUT2D eigenvalue weighted by Crippen LogP contribution is -2.43. The van der Waals surface area contributed by atoms with Gasteiger partial charge in [-0.15, -0.1) is 0 Å². The van der Waals surface area contributed by atoms with Gasteiger partial charge in [0.25, 0.3) is 0 Å². The maximum Gasteiger partial charge on any atom is 0.220 e. The molecule has 0 spiro atoms. The number of carbonyl (C=O) groups excluding carboxylic acids is 1. The van der Waals surface area contributed by atoms with Crippen molar-refractivity contribution in [1.82, 2.24) is 5.32 Å². The summed E-state index contributed by atoms with van der Waals surface area (Å²) in [6.45, 7) is 2.88. The molecule has 1 fully saturated rings. The number of amides is 1. The zero-order valence-corrected chi connectivity index (χ0v) is 11.2. The van der Waals surface area contributed by atoms with Gasteiger partial charge >= 0.3 is 0 Å². The SMILES string of the molecule is CCCC(NC(=O)CCC1CCCO1)C(N)=S. The number of nitrogens with two attached hydrogens (primary N) is 1. The Morgan fingerprint density at radius 2 is 2.41 bits per heavy atom. The molecule has 17 heavy (non-hydrogen) atoms. The molecule has 1 heterocycles. The van der Waals surface area contributed by atoms with Gasteiger partial charge in [0.15, 0.2) is 0 Å². The van der Waals surface area contributed by atoms with Crippen LogP contribution in [0.25, 0.3) is 0 Å². The number of ether oxygens (including phenoxy) is 1. The Morgan fingerprint density at radius 3 is 2.94 bits per heavy atom. The molecule has 5 heteroatoms. The lowest BCUT2D eigenvalue weighted by atomic mass is 10.1. The second-order valence-corrected chi connectivity index (χ2v) is 4.96. The van der Waals surface area contributed by atoms with Gasteiger partial charge in [-0.05, 0) is 25.7 Å². The van der Waals surface area contributed by atoms with Crippen molar-refractivity contribution in [3.63, 3.8) is 0 Å². The van der Waals surface area contributed by atoms with Crippen LogP contribution < -0.4 is 11.1 Å². The first kappa shape index (κ1) is 14.4. The van der Waals surface area contributed by atoms with E-state index in [-0.39, 0.29) is 18.1 Å². The van der Waals surface area contributed by atoms with E-state index in [0.717, 1.165) is 38.7 Å². The summed E-state index contributed by atoms with van der Waals surface area (Å²) in [4.78, 5) is 12.1. The van der Waals surface area contributed by atoms with Crippen molar-refractivity contribution in [1.29, 1.82) is 0 Å². The highest BCUT2D eigenvalue weighted by Gasteiger charge is 2.18. The van der Waals surface area contributed by atoms with Crippen molar-refractivity contribution >= 4 is 23.1 Å². The molecule has 0 radical (unpaired) electrons. The summed E-state index contributed by atoms with van der Waals surface area (Å²) < 4.78 is 5.47. The van der Waals surface area contributed by atoms with E-state index in [1.165, 1.54) is 0 Å². The number of thiocarbonyl (C=S) groups is 1. The highest BCUT2D eigenvalue weighted by atomic mass is 32.1. The highest BCUT2D eigenvalue weighted by Crippen LogP contribution is 2.16. The van der Waals surface area contributed by atoms with Crippen molar-refractivity contribution < 1.29 is 9.53 Å². The maximum absolute atomic E-state index is 11.7. The van der Waals surface area contributed by atoms with Crippen LogP contribution in [0, 0.1) is 0 Å². The van der Waals surface area contributed by atoms with Crippen molar-refractivity contribution in [2.45, 2.75) is 57.6 Å². The van der Waals surface area contributed by atoms with Gasteiger partial charge in [0.05, 0.1) is 17.1 Å². The molecular weight excluding hydrogens is 236 g/mol. The molecule has 0 aromatic carbocycles. The molecule has 0 aromatic rings. The fraction of sp³-hybridized carbons (Fsp3) is 0.833. The Hall–Kier alpha value is -0.680. The first-order valence-corrected chi connectivity index (χ1v) is 6.74. The Labute approximate surface area is 108 Å². The number of carbonyl (C=O) groups is 1. The molecule has 0 bridgehead atoms. The average molecular weight is 258 g/mol. The number of nitrogens with one attached hydrogen (secondary N) is 1. The molecule has 1 aliphatic heterocycles. The van der Waals surface area contributed by atoms with Crippen LogP contribution >= 0.6 is 12.2 Å². The van der Waals surface area contributed by atoms with Gasteiger partial charge in [-0.25, -0.2) is 0 Å². The van der Waals surface area contributed by atoms with Crippen molar-refractivity contribution in [2.24, 2.45) is 5.73 Å². The van der Waals surface area contributed by atoms with E-state index in [1.54, 1.807) is 0 Å². The average Bonchev–Trinajstić information content (AvgIpc) is 2.78. The van der Waals surface area contributed by atoms with Gasteiger partial charge < -0.3 is 15.8 Å². The second kappa shape index (κ2) is 7.61. The molecule has 4 nitrogen and oxygen atoms in total. The number of rotatable bonds is 7. The summed E-state index contributed by atoms with van der Waals surface area (Å²) in [6, 6.07) is -0.160. The lowest BCUT2D eigenvalue weighted by molar-refractivity contribution is -0.122. The van der Waals surface area contributed by atoms with Crippen LogP contribution in [0.2, 0.25) is 0 Å². The normalized spacial score (nSPS) is 21.1. The van der Waals surface area contributed by atoms with Gasteiger partial charge in [0.1, 0.15) is 0 Å². The topological polar surface area (TPSA) is 64.3 Å². The molecule has 98 valence electrons. The van der Waals surface area contributed by atoms with Crippen LogP contribution in [0.5, 0.6) is 0 Å². The van der Waals surface area contributed by atoms with Crippen molar-refractivity contribution in [3.8, 4) is 0 Å². The molecule has 1 saturated heterocycles. The van der Waals surface area contributed by atoms with Gasteiger partial charge in [0.2, 0.25) is 5.91 Å². The first-order valence-electron chi connectivity index (χ1n) is 6.33. The number of hydrogen-bond donors (Lipinski definition) is 2. The molecule has 2 atom stereocenters. The summed E-state index contributed by atoms with van der Waals surface area (Å²) >= 11 is 4.93. The van der Waals surface area contributed by atoms with Crippen LogP contribution in [0.3, 0.4) is 0 Å². The third-order valence-corrected chi connectivity index (χ3v) is 3.26. The molecule has 2 unspecified atom stereocenters. The van der Waals surface area contributed by atoms with Crippen LogP contribution in [-0.2, 0) is 9.53 Å². The zero-order chi connectivity index (χ0) is 12.7. The second-order valence-electron chi connectivity index (χ2n) is 4.48. The Morgan fingerprint density at radius 1 is 1.65 bits per heavy atom. The molecule has 0 aliphatic carbocycles. The minimum atomic E-state index is -0.160. The quantitative estimate of drug-likeness (QED) is 0.680. The third-order valence-electron chi connectivity index (χ3n) is 2.97. The van der Waals surface area contributed by atoms with E-state index < -0.39 is 0 Å². The van der Waals surface area contributed by atoms with Crippen molar-refractivity contribution in [2.75, 3.05) is 6.61 Å². The van der Waals surface area contributed by atoms with Crippen LogP contribution in [-0.4, -0.2) is 29.6 Å². The van der Waals surface area contributed by atoms with E-state index in [2.05, 4.69) is 5.32 Å². The zero-order valence-electron chi connectivity index (χ0n) is 10.4. The molecule has 1 aliphatic rings. The van der Waals surface area contributed by atoms with Crippen LogP contribution in [0.4, 0.5) is 0 Å². The van der Waals surface area contributed by atoms with E-state index >= 15 is 0 Å². The Kier molecular flexibility index (Phi) is 6.44. The van der Waals surface area contributed by atoms with Gasteiger partial charge in [-0.2, -0.15) is 0 Å².